The summed E-state index contributed by atoms with van der Waals surface area (Å²) in [5, 5.41) is 31.3. The second kappa shape index (κ2) is 4.31. The third kappa shape index (κ3) is 2.13. The van der Waals surface area contributed by atoms with Crippen molar-refractivity contribution >= 4 is 0 Å². The zero-order chi connectivity index (χ0) is 11.6. The maximum absolute atomic E-state index is 9.59. The second-order valence-electron chi connectivity index (χ2n) is 4.46. The molecule has 4 nitrogen and oxygen atoms in total. The van der Waals surface area contributed by atoms with Gasteiger partial charge in [-0.25, -0.2) is 0 Å². The molecule has 1 aromatic carbocycles. The number of hydrogen-bond donors (Lipinski definition) is 4. The first-order valence-corrected chi connectivity index (χ1v) is 5.52. The summed E-state index contributed by atoms with van der Waals surface area (Å²) in [4.78, 5) is 0. The normalized spacial score (nSPS) is 18.1. The van der Waals surface area contributed by atoms with Crippen molar-refractivity contribution in [1.29, 1.82) is 0 Å². The molecule has 1 saturated carbocycles. The topological polar surface area (TPSA) is 72.7 Å². The molecule has 88 valence electrons. The fraction of sp³-hybridized carbons (Fsp3) is 0.500. The number of aliphatic hydroxyl groups excluding tert-OH is 1. The Hall–Kier alpha value is -1.26. The molecule has 0 saturated heterocycles. The Morgan fingerprint density at radius 1 is 1.25 bits per heavy atom. The zero-order valence-electron chi connectivity index (χ0n) is 9.11. The van der Waals surface area contributed by atoms with Gasteiger partial charge in [0.15, 0.2) is 0 Å². The quantitative estimate of drug-likeness (QED) is 0.617. The first kappa shape index (κ1) is 11.2. The molecule has 0 aromatic heterocycles. The fourth-order valence-electron chi connectivity index (χ4n) is 1.98. The van der Waals surface area contributed by atoms with Crippen molar-refractivity contribution in [3.8, 4) is 11.5 Å². The van der Waals surface area contributed by atoms with Crippen molar-refractivity contribution in [3.63, 3.8) is 0 Å². The van der Waals surface area contributed by atoms with Crippen molar-refractivity contribution in [3.05, 3.63) is 23.8 Å². The van der Waals surface area contributed by atoms with Gasteiger partial charge in [-0.1, -0.05) is 6.07 Å². The molecule has 0 spiro atoms. The number of rotatable bonds is 4. The van der Waals surface area contributed by atoms with Gasteiger partial charge >= 0.3 is 0 Å². The van der Waals surface area contributed by atoms with Gasteiger partial charge in [-0.2, -0.15) is 0 Å². The van der Waals surface area contributed by atoms with Crippen molar-refractivity contribution in [2.45, 2.75) is 31.3 Å². The van der Waals surface area contributed by atoms with Gasteiger partial charge in [0.1, 0.15) is 11.5 Å². The highest BCUT2D eigenvalue weighted by molar-refractivity contribution is 5.38. The maximum Gasteiger partial charge on any atom is 0.123 e. The molecule has 0 heterocycles. The van der Waals surface area contributed by atoms with Gasteiger partial charge in [-0.3, -0.25) is 0 Å². The van der Waals surface area contributed by atoms with Gasteiger partial charge in [-0.15, -0.1) is 0 Å². The van der Waals surface area contributed by atoms with E-state index in [-0.39, 0.29) is 23.6 Å². The Bertz CT molecular complexity index is 369. The van der Waals surface area contributed by atoms with Gasteiger partial charge in [0, 0.05) is 23.7 Å². The lowest BCUT2D eigenvalue weighted by Gasteiger charge is -2.41. The van der Waals surface area contributed by atoms with Crippen molar-refractivity contribution in [2.24, 2.45) is 0 Å². The van der Waals surface area contributed by atoms with Crippen LogP contribution in [0.2, 0.25) is 0 Å². The van der Waals surface area contributed by atoms with Crippen molar-refractivity contribution in [1.82, 2.24) is 5.32 Å². The van der Waals surface area contributed by atoms with Crippen LogP contribution in [0, 0.1) is 0 Å². The molecular weight excluding hydrogens is 206 g/mol. The van der Waals surface area contributed by atoms with E-state index in [1.807, 2.05) is 0 Å². The molecule has 1 aromatic rings. The van der Waals surface area contributed by atoms with Crippen LogP contribution >= 0.6 is 0 Å². The van der Waals surface area contributed by atoms with Crippen LogP contribution in [-0.2, 0) is 6.54 Å². The number of benzene rings is 1. The molecule has 0 atom stereocenters. The summed E-state index contributed by atoms with van der Waals surface area (Å²) in [6.45, 7) is 0.637. The van der Waals surface area contributed by atoms with Gasteiger partial charge in [0.05, 0.1) is 6.61 Å². The Kier molecular flexibility index (Phi) is 3.03. The van der Waals surface area contributed by atoms with Crippen LogP contribution in [0.3, 0.4) is 0 Å². The predicted molar refractivity (Wildman–Crippen MR) is 60.3 cm³/mol. The summed E-state index contributed by atoms with van der Waals surface area (Å²) >= 11 is 0. The van der Waals surface area contributed by atoms with Crippen LogP contribution in [-0.4, -0.2) is 27.5 Å². The third-order valence-corrected chi connectivity index (χ3v) is 3.34. The minimum Gasteiger partial charge on any atom is -0.508 e. The van der Waals surface area contributed by atoms with Crippen LogP contribution in [0.4, 0.5) is 0 Å². The summed E-state index contributed by atoms with van der Waals surface area (Å²) in [6.07, 6.45) is 3.08. The van der Waals surface area contributed by atoms with Crippen LogP contribution in [0.5, 0.6) is 11.5 Å². The molecule has 2 rings (SSSR count). The Labute approximate surface area is 94.5 Å². The van der Waals surface area contributed by atoms with Crippen LogP contribution in [0.25, 0.3) is 0 Å². The van der Waals surface area contributed by atoms with E-state index < -0.39 is 0 Å². The van der Waals surface area contributed by atoms with E-state index in [0.29, 0.717) is 6.54 Å². The van der Waals surface area contributed by atoms with E-state index >= 15 is 0 Å². The molecule has 0 amide bonds. The molecule has 0 aliphatic heterocycles. The average Bonchev–Trinajstić information content (AvgIpc) is 2.19. The van der Waals surface area contributed by atoms with Crippen LogP contribution < -0.4 is 5.32 Å². The largest absolute Gasteiger partial charge is 0.508 e. The summed E-state index contributed by atoms with van der Waals surface area (Å²) in [5.41, 5.74) is 0.571. The third-order valence-electron chi connectivity index (χ3n) is 3.34. The monoisotopic (exact) mass is 223 g/mol. The summed E-state index contributed by atoms with van der Waals surface area (Å²) < 4.78 is 0. The highest BCUT2D eigenvalue weighted by Crippen LogP contribution is 2.32. The molecular formula is C12H17NO3. The van der Waals surface area contributed by atoms with Gasteiger partial charge < -0.3 is 20.6 Å². The van der Waals surface area contributed by atoms with Gasteiger partial charge in [-0.05, 0) is 25.3 Å². The molecule has 4 heteroatoms. The zero-order valence-corrected chi connectivity index (χ0v) is 9.11. The van der Waals surface area contributed by atoms with E-state index in [9.17, 15) is 10.2 Å². The number of phenolic OH excluding ortho intramolecular Hbond substituents is 2. The molecule has 0 bridgehead atoms. The Morgan fingerprint density at radius 3 is 2.50 bits per heavy atom. The number of nitrogens with one attached hydrogen (secondary N) is 1. The van der Waals surface area contributed by atoms with Gasteiger partial charge in [0.2, 0.25) is 0 Å². The molecule has 0 radical (unpaired) electrons. The predicted octanol–water partition coefficient (Wildman–Crippen LogP) is 1.10. The van der Waals surface area contributed by atoms with E-state index in [0.717, 1.165) is 24.8 Å². The molecule has 1 aliphatic carbocycles. The van der Waals surface area contributed by atoms with E-state index in [1.54, 1.807) is 12.1 Å². The first-order valence-electron chi connectivity index (χ1n) is 5.52. The molecule has 1 fully saturated rings. The minimum absolute atomic E-state index is 0.0572. The highest BCUT2D eigenvalue weighted by atomic mass is 16.3. The Morgan fingerprint density at radius 2 is 2.00 bits per heavy atom. The lowest BCUT2D eigenvalue weighted by atomic mass is 9.77. The fourth-order valence-corrected chi connectivity index (χ4v) is 1.98. The number of hydrogen-bond acceptors (Lipinski definition) is 4. The number of phenols is 2. The summed E-state index contributed by atoms with van der Waals surface area (Å²) in [5.74, 6) is 0.140. The number of aromatic hydroxyl groups is 2. The first-order chi connectivity index (χ1) is 7.65. The highest BCUT2D eigenvalue weighted by Gasteiger charge is 2.35. The van der Waals surface area contributed by atoms with E-state index in [2.05, 4.69) is 5.32 Å². The standard InChI is InChI=1S/C12H17NO3/c14-8-12(4-1-5-12)13-7-9-2-3-10(15)6-11(9)16/h2-3,6,13-16H,1,4-5,7-8H2. The second-order valence-corrected chi connectivity index (χ2v) is 4.46. The van der Waals surface area contributed by atoms with Crippen LogP contribution in [0.15, 0.2) is 18.2 Å². The van der Waals surface area contributed by atoms with Crippen LogP contribution in [0.1, 0.15) is 24.8 Å². The molecule has 1 aliphatic rings. The van der Waals surface area contributed by atoms with Crippen molar-refractivity contribution < 1.29 is 15.3 Å². The minimum atomic E-state index is -0.162. The van der Waals surface area contributed by atoms with Gasteiger partial charge in [0.25, 0.3) is 0 Å². The number of aliphatic hydroxyl groups is 1. The Balaban J connectivity index is 1.99. The summed E-state index contributed by atoms with van der Waals surface area (Å²) in [6, 6.07) is 4.55. The SMILES string of the molecule is OCC1(NCc2ccc(O)cc2O)CCC1. The smallest absolute Gasteiger partial charge is 0.123 e. The summed E-state index contributed by atoms with van der Waals surface area (Å²) in [7, 11) is 0. The maximum atomic E-state index is 9.59. The molecule has 0 unspecified atom stereocenters. The van der Waals surface area contributed by atoms with E-state index in [1.165, 1.54) is 6.07 Å². The van der Waals surface area contributed by atoms with E-state index in [4.69, 9.17) is 5.11 Å². The average molecular weight is 223 g/mol. The lowest BCUT2D eigenvalue weighted by molar-refractivity contribution is 0.0870. The van der Waals surface area contributed by atoms with Crippen molar-refractivity contribution in [2.75, 3.05) is 6.61 Å². The molecule has 4 N–H and O–H groups in total. The molecule has 16 heavy (non-hydrogen) atoms. The lowest BCUT2D eigenvalue weighted by Crippen LogP contribution is -2.53.